The summed E-state index contributed by atoms with van der Waals surface area (Å²) in [6, 6.07) is 7.37. The van der Waals surface area contributed by atoms with Gasteiger partial charge in [-0.15, -0.1) is 0 Å². The highest BCUT2D eigenvalue weighted by atomic mass is 16.5. The molecular weight excluding hydrogens is 308 g/mol. The molecular formula is C18H22N2O4. The minimum Gasteiger partial charge on any atom is -0.465 e. The van der Waals surface area contributed by atoms with Crippen molar-refractivity contribution in [2.24, 2.45) is 11.8 Å². The molecule has 0 spiro atoms. The molecule has 6 nitrogen and oxygen atoms in total. The van der Waals surface area contributed by atoms with E-state index in [4.69, 9.17) is 4.74 Å². The fourth-order valence-corrected chi connectivity index (χ4v) is 3.81. The maximum atomic E-state index is 12.6. The van der Waals surface area contributed by atoms with Crippen molar-refractivity contribution >= 4 is 17.8 Å². The van der Waals surface area contributed by atoms with E-state index in [0.717, 1.165) is 16.0 Å². The summed E-state index contributed by atoms with van der Waals surface area (Å²) in [4.78, 5) is 38.9. The molecule has 2 saturated heterocycles. The largest absolute Gasteiger partial charge is 0.465 e. The second kappa shape index (κ2) is 5.70. The third kappa shape index (κ3) is 2.24. The molecule has 6 heteroatoms. The van der Waals surface area contributed by atoms with Gasteiger partial charge in [0.2, 0.25) is 11.8 Å². The van der Waals surface area contributed by atoms with Crippen molar-refractivity contribution in [1.29, 1.82) is 0 Å². The number of esters is 1. The van der Waals surface area contributed by atoms with Crippen LogP contribution in [0.15, 0.2) is 24.3 Å². The molecule has 0 bridgehead atoms. The number of fused-ring (bicyclic) bond motifs is 1. The standard InChI is InChI=1S/C18H22N2O4/c1-5-24-17(23)18(3)13-12(15(21)20(4)16(13)22)14(19-18)11-8-6-10(2)7-9-11/h6-9,12-14,19H,5H2,1-4H3/t12-,13-,14-,18-/m0/s1. The molecule has 4 atom stereocenters. The fourth-order valence-electron chi connectivity index (χ4n) is 3.81. The monoisotopic (exact) mass is 330 g/mol. The van der Waals surface area contributed by atoms with E-state index in [-0.39, 0.29) is 18.4 Å². The lowest BCUT2D eigenvalue weighted by Crippen LogP contribution is -2.53. The molecule has 0 saturated carbocycles. The molecule has 0 unspecified atom stereocenters. The first-order valence-corrected chi connectivity index (χ1v) is 8.14. The van der Waals surface area contributed by atoms with Crippen molar-refractivity contribution in [3.8, 4) is 0 Å². The average molecular weight is 330 g/mol. The van der Waals surface area contributed by atoms with Gasteiger partial charge in [-0.3, -0.25) is 24.6 Å². The molecule has 1 N–H and O–H groups in total. The topological polar surface area (TPSA) is 75.7 Å². The first kappa shape index (κ1) is 16.6. The normalized spacial score (nSPS) is 32.2. The summed E-state index contributed by atoms with van der Waals surface area (Å²) in [6.07, 6.45) is 0. The van der Waals surface area contributed by atoms with Gasteiger partial charge in [0.05, 0.1) is 18.4 Å². The predicted octanol–water partition coefficient (Wildman–Crippen LogP) is 1.19. The van der Waals surface area contributed by atoms with Crippen LogP contribution in [0.3, 0.4) is 0 Å². The smallest absolute Gasteiger partial charge is 0.326 e. The van der Waals surface area contributed by atoms with Crippen LogP contribution in [0.4, 0.5) is 0 Å². The first-order chi connectivity index (χ1) is 11.3. The number of hydrogen-bond donors (Lipinski definition) is 1. The quantitative estimate of drug-likeness (QED) is 0.665. The van der Waals surface area contributed by atoms with Gasteiger partial charge in [-0.1, -0.05) is 29.8 Å². The van der Waals surface area contributed by atoms with Crippen molar-refractivity contribution < 1.29 is 19.1 Å². The van der Waals surface area contributed by atoms with Crippen molar-refractivity contribution in [1.82, 2.24) is 10.2 Å². The summed E-state index contributed by atoms with van der Waals surface area (Å²) in [5.41, 5.74) is 0.778. The van der Waals surface area contributed by atoms with Crippen molar-refractivity contribution in [2.75, 3.05) is 13.7 Å². The Labute approximate surface area is 141 Å². The van der Waals surface area contributed by atoms with E-state index < -0.39 is 29.4 Å². The Hall–Kier alpha value is -2.21. The number of hydrogen-bond acceptors (Lipinski definition) is 5. The second-order valence-electron chi connectivity index (χ2n) is 6.69. The molecule has 0 aromatic heterocycles. The number of nitrogens with one attached hydrogen (secondary N) is 1. The third-order valence-corrected chi connectivity index (χ3v) is 5.14. The lowest BCUT2D eigenvalue weighted by Gasteiger charge is -2.28. The van der Waals surface area contributed by atoms with E-state index in [1.165, 1.54) is 7.05 Å². The van der Waals surface area contributed by atoms with E-state index in [1.807, 2.05) is 31.2 Å². The van der Waals surface area contributed by atoms with Crippen molar-refractivity contribution in [3.63, 3.8) is 0 Å². The van der Waals surface area contributed by atoms with Gasteiger partial charge in [0.25, 0.3) is 0 Å². The minimum absolute atomic E-state index is 0.223. The Kier molecular flexibility index (Phi) is 3.95. The number of imide groups is 1. The number of nitrogens with zero attached hydrogens (tertiary/aromatic N) is 1. The summed E-state index contributed by atoms with van der Waals surface area (Å²) in [5.74, 6) is -2.43. The van der Waals surface area contributed by atoms with E-state index in [2.05, 4.69) is 5.32 Å². The zero-order valence-electron chi connectivity index (χ0n) is 14.3. The van der Waals surface area contributed by atoms with Gasteiger partial charge in [0.15, 0.2) is 0 Å². The van der Waals surface area contributed by atoms with Crippen LogP contribution in [-0.2, 0) is 19.1 Å². The molecule has 2 fully saturated rings. The number of benzene rings is 1. The van der Waals surface area contributed by atoms with E-state index in [0.29, 0.717) is 0 Å². The Bertz CT molecular complexity index is 699. The second-order valence-corrected chi connectivity index (χ2v) is 6.69. The lowest BCUT2D eigenvalue weighted by molar-refractivity contribution is -0.155. The van der Waals surface area contributed by atoms with E-state index in [9.17, 15) is 14.4 Å². The summed E-state index contributed by atoms with van der Waals surface area (Å²) in [6.45, 7) is 5.58. The maximum absolute atomic E-state index is 12.6. The summed E-state index contributed by atoms with van der Waals surface area (Å²) >= 11 is 0. The maximum Gasteiger partial charge on any atom is 0.326 e. The fraction of sp³-hybridized carbons (Fsp3) is 0.500. The van der Waals surface area contributed by atoms with Gasteiger partial charge in [0, 0.05) is 13.1 Å². The molecule has 2 heterocycles. The van der Waals surface area contributed by atoms with Gasteiger partial charge in [0.1, 0.15) is 5.54 Å². The zero-order valence-corrected chi connectivity index (χ0v) is 14.3. The molecule has 2 aliphatic rings. The van der Waals surface area contributed by atoms with Gasteiger partial charge in [-0.2, -0.15) is 0 Å². The van der Waals surface area contributed by atoms with Crippen LogP contribution >= 0.6 is 0 Å². The van der Waals surface area contributed by atoms with Gasteiger partial charge in [-0.25, -0.2) is 0 Å². The van der Waals surface area contributed by atoms with Crippen LogP contribution in [0, 0.1) is 18.8 Å². The highest BCUT2D eigenvalue weighted by Gasteiger charge is 2.66. The Morgan fingerprint density at radius 2 is 1.88 bits per heavy atom. The summed E-state index contributed by atoms with van der Waals surface area (Å²) in [7, 11) is 1.47. The molecule has 2 aliphatic heterocycles. The van der Waals surface area contributed by atoms with E-state index in [1.54, 1.807) is 13.8 Å². The van der Waals surface area contributed by atoms with Crippen LogP contribution < -0.4 is 5.32 Å². The molecule has 0 aliphatic carbocycles. The molecule has 128 valence electrons. The van der Waals surface area contributed by atoms with Crippen LogP contribution in [-0.4, -0.2) is 41.9 Å². The molecule has 3 rings (SSSR count). The Balaban J connectivity index is 2.06. The van der Waals surface area contributed by atoms with Crippen LogP contribution in [0.5, 0.6) is 0 Å². The third-order valence-electron chi connectivity index (χ3n) is 5.14. The Morgan fingerprint density at radius 3 is 2.46 bits per heavy atom. The highest BCUT2D eigenvalue weighted by Crippen LogP contribution is 2.48. The molecule has 1 aromatic rings. The van der Waals surface area contributed by atoms with Gasteiger partial charge in [-0.05, 0) is 26.3 Å². The van der Waals surface area contributed by atoms with Crippen molar-refractivity contribution in [3.05, 3.63) is 35.4 Å². The predicted molar refractivity (Wildman–Crippen MR) is 86.9 cm³/mol. The number of ether oxygens (including phenoxy) is 1. The van der Waals surface area contributed by atoms with Crippen LogP contribution in [0.25, 0.3) is 0 Å². The number of likely N-dealkylation sites (tertiary alicyclic amines) is 1. The zero-order chi connectivity index (χ0) is 17.6. The number of carbonyl (C=O) groups is 3. The first-order valence-electron chi connectivity index (χ1n) is 8.14. The molecule has 1 aromatic carbocycles. The number of aryl methyl sites for hydroxylation is 1. The minimum atomic E-state index is -1.21. The average Bonchev–Trinajstić information content (AvgIpc) is 2.99. The molecule has 0 radical (unpaired) electrons. The highest BCUT2D eigenvalue weighted by molar-refractivity contribution is 6.09. The lowest BCUT2D eigenvalue weighted by atomic mass is 9.80. The number of rotatable bonds is 3. The summed E-state index contributed by atoms with van der Waals surface area (Å²) in [5, 5.41) is 3.23. The van der Waals surface area contributed by atoms with Crippen LogP contribution in [0.1, 0.15) is 31.0 Å². The Morgan fingerprint density at radius 1 is 1.25 bits per heavy atom. The van der Waals surface area contributed by atoms with Crippen molar-refractivity contribution in [2.45, 2.75) is 32.4 Å². The molecule has 2 amide bonds. The van der Waals surface area contributed by atoms with Gasteiger partial charge >= 0.3 is 5.97 Å². The molecule has 24 heavy (non-hydrogen) atoms. The number of amides is 2. The SMILES string of the molecule is CCOC(=O)[C@@]1(C)N[C@@H](c2ccc(C)cc2)[C@H]2C(=O)N(C)C(=O)[C@H]21. The van der Waals surface area contributed by atoms with E-state index >= 15 is 0 Å². The summed E-state index contributed by atoms with van der Waals surface area (Å²) < 4.78 is 5.18. The number of carbonyl (C=O) groups excluding carboxylic acids is 3. The van der Waals surface area contributed by atoms with Crippen LogP contribution in [0.2, 0.25) is 0 Å². The van der Waals surface area contributed by atoms with Gasteiger partial charge < -0.3 is 4.74 Å².